The van der Waals surface area contributed by atoms with Gasteiger partial charge in [0.05, 0.1) is 0 Å². The van der Waals surface area contributed by atoms with E-state index in [9.17, 15) is 0 Å². The highest BCUT2D eigenvalue weighted by atomic mass is 14.1. The number of hydrogen-bond donors (Lipinski definition) is 0. The smallest absolute Gasteiger partial charge is 0.0195 e. The topological polar surface area (TPSA) is 0 Å². The van der Waals surface area contributed by atoms with Crippen molar-refractivity contribution in [2.45, 2.75) is 26.7 Å². The summed E-state index contributed by atoms with van der Waals surface area (Å²) in [5, 5.41) is 0. The van der Waals surface area contributed by atoms with Crippen LogP contribution in [0.25, 0.3) is 5.57 Å². The van der Waals surface area contributed by atoms with E-state index in [1.54, 1.807) is 6.08 Å². The van der Waals surface area contributed by atoms with Crippen molar-refractivity contribution in [2.75, 3.05) is 0 Å². The summed E-state index contributed by atoms with van der Waals surface area (Å²) in [6, 6.07) is 8.62. The Kier molecular flexibility index (Phi) is 5.35. The molecular weight excluding hydrogens is 192 g/mol. The van der Waals surface area contributed by atoms with Gasteiger partial charge in [0, 0.05) is 0 Å². The van der Waals surface area contributed by atoms with Crippen molar-refractivity contribution in [1.82, 2.24) is 0 Å². The SMILES string of the molecule is C=C/C=C\C=C(/C)c1ccccc1CCC. The van der Waals surface area contributed by atoms with Gasteiger partial charge < -0.3 is 0 Å². The molecule has 0 aromatic heterocycles. The Morgan fingerprint density at radius 2 is 2.00 bits per heavy atom. The molecule has 0 aliphatic carbocycles. The molecule has 1 aromatic carbocycles. The molecule has 0 radical (unpaired) electrons. The maximum absolute atomic E-state index is 3.66. The molecule has 0 amide bonds. The molecule has 0 saturated carbocycles. The third-order valence-corrected chi connectivity index (χ3v) is 2.55. The number of allylic oxidation sites excluding steroid dienone is 5. The zero-order chi connectivity index (χ0) is 11.8. The Bertz CT molecular complexity index is 394. The van der Waals surface area contributed by atoms with E-state index < -0.39 is 0 Å². The summed E-state index contributed by atoms with van der Waals surface area (Å²) in [6.45, 7) is 8.03. The Hall–Kier alpha value is -1.56. The molecule has 0 nitrogen and oxygen atoms in total. The first-order valence-corrected chi connectivity index (χ1v) is 5.83. The molecule has 0 aliphatic heterocycles. The van der Waals surface area contributed by atoms with Crippen LogP contribution in [-0.2, 0) is 6.42 Å². The molecule has 0 fully saturated rings. The number of aryl methyl sites for hydroxylation is 1. The average Bonchev–Trinajstić information content (AvgIpc) is 2.30. The number of hydrogen-bond acceptors (Lipinski definition) is 0. The lowest BCUT2D eigenvalue weighted by atomic mass is 9.97. The van der Waals surface area contributed by atoms with E-state index in [4.69, 9.17) is 0 Å². The van der Waals surface area contributed by atoms with Gasteiger partial charge in [-0.15, -0.1) is 0 Å². The molecule has 1 aromatic rings. The molecule has 0 heteroatoms. The number of benzene rings is 1. The third kappa shape index (κ3) is 3.54. The van der Waals surface area contributed by atoms with Crippen LogP contribution in [0.15, 0.2) is 55.1 Å². The Labute approximate surface area is 99.0 Å². The largest absolute Gasteiger partial charge is 0.0991 e. The molecule has 0 N–H and O–H groups in total. The van der Waals surface area contributed by atoms with Gasteiger partial charge in [-0.05, 0) is 30.0 Å². The first-order chi connectivity index (χ1) is 7.79. The fourth-order valence-corrected chi connectivity index (χ4v) is 1.76. The van der Waals surface area contributed by atoms with Gasteiger partial charge in [0.2, 0.25) is 0 Å². The van der Waals surface area contributed by atoms with E-state index >= 15 is 0 Å². The summed E-state index contributed by atoms with van der Waals surface area (Å²) < 4.78 is 0. The standard InChI is InChI=1S/C16H20/c1-4-6-7-11-14(3)16-13-9-8-12-15(16)10-5-2/h4,6-9,11-13H,1,5,10H2,2-3H3/b7-6-,14-11+. The second-order valence-electron chi connectivity index (χ2n) is 3.88. The van der Waals surface area contributed by atoms with Crippen LogP contribution in [0.4, 0.5) is 0 Å². The predicted octanol–water partition coefficient (Wildman–Crippen LogP) is 4.78. The predicted molar refractivity (Wildman–Crippen MR) is 73.4 cm³/mol. The highest BCUT2D eigenvalue weighted by Gasteiger charge is 2.01. The van der Waals surface area contributed by atoms with Gasteiger partial charge in [0.1, 0.15) is 0 Å². The average molecular weight is 212 g/mol. The van der Waals surface area contributed by atoms with E-state index in [0.29, 0.717) is 0 Å². The van der Waals surface area contributed by atoms with Crippen molar-refractivity contribution in [3.05, 3.63) is 66.3 Å². The summed E-state index contributed by atoms with van der Waals surface area (Å²) in [5.41, 5.74) is 4.10. The molecule has 0 heterocycles. The molecule has 0 spiro atoms. The van der Waals surface area contributed by atoms with Crippen LogP contribution in [0.2, 0.25) is 0 Å². The normalized spacial score (nSPS) is 12.0. The minimum absolute atomic E-state index is 1.15. The quantitative estimate of drug-likeness (QED) is 0.616. The molecule has 0 unspecified atom stereocenters. The van der Waals surface area contributed by atoms with Crippen LogP contribution in [0, 0.1) is 0 Å². The minimum atomic E-state index is 1.15. The second kappa shape index (κ2) is 6.84. The molecule has 0 bridgehead atoms. The highest BCUT2D eigenvalue weighted by Crippen LogP contribution is 2.20. The summed E-state index contributed by atoms with van der Waals surface area (Å²) in [7, 11) is 0. The van der Waals surface area contributed by atoms with Gasteiger partial charge in [-0.1, -0.05) is 68.5 Å². The van der Waals surface area contributed by atoms with Crippen molar-refractivity contribution < 1.29 is 0 Å². The molecular formula is C16H20. The van der Waals surface area contributed by atoms with E-state index in [1.165, 1.54) is 23.1 Å². The summed E-state index contributed by atoms with van der Waals surface area (Å²) in [6.07, 6.45) is 10.2. The van der Waals surface area contributed by atoms with E-state index in [-0.39, 0.29) is 0 Å². The summed E-state index contributed by atoms with van der Waals surface area (Å²) in [5.74, 6) is 0. The molecule has 1 rings (SSSR count). The first-order valence-electron chi connectivity index (χ1n) is 5.83. The zero-order valence-corrected chi connectivity index (χ0v) is 10.2. The van der Waals surface area contributed by atoms with Crippen LogP contribution >= 0.6 is 0 Å². The summed E-state index contributed by atoms with van der Waals surface area (Å²) in [4.78, 5) is 0. The molecule has 0 aliphatic rings. The van der Waals surface area contributed by atoms with E-state index in [1.807, 2.05) is 12.2 Å². The maximum Gasteiger partial charge on any atom is -0.0195 e. The lowest BCUT2D eigenvalue weighted by Gasteiger charge is -2.08. The minimum Gasteiger partial charge on any atom is -0.0991 e. The number of rotatable bonds is 5. The van der Waals surface area contributed by atoms with Crippen LogP contribution in [0.1, 0.15) is 31.4 Å². The van der Waals surface area contributed by atoms with E-state index in [2.05, 4.69) is 50.8 Å². The lowest BCUT2D eigenvalue weighted by molar-refractivity contribution is 0.918. The lowest BCUT2D eigenvalue weighted by Crippen LogP contribution is -1.90. The fourth-order valence-electron chi connectivity index (χ4n) is 1.76. The Morgan fingerprint density at radius 1 is 1.25 bits per heavy atom. The van der Waals surface area contributed by atoms with Crippen LogP contribution in [0.3, 0.4) is 0 Å². The van der Waals surface area contributed by atoms with Gasteiger partial charge in [0.15, 0.2) is 0 Å². The van der Waals surface area contributed by atoms with Crippen molar-refractivity contribution in [3.8, 4) is 0 Å². The Morgan fingerprint density at radius 3 is 2.69 bits per heavy atom. The van der Waals surface area contributed by atoms with E-state index in [0.717, 1.165) is 6.42 Å². The second-order valence-corrected chi connectivity index (χ2v) is 3.88. The van der Waals surface area contributed by atoms with Crippen molar-refractivity contribution in [1.29, 1.82) is 0 Å². The molecule has 0 saturated heterocycles. The fraction of sp³-hybridized carbons (Fsp3) is 0.250. The summed E-state index contributed by atoms with van der Waals surface area (Å²) >= 11 is 0. The van der Waals surface area contributed by atoms with Crippen LogP contribution < -0.4 is 0 Å². The Balaban J connectivity index is 2.97. The molecule has 16 heavy (non-hydrogen) atoms. The van der Waals surface area contributed by atoms with Gasteiger partial charge in [-0.2, -0.15) is 0 Å². The van der Waals surface area contributed by atoms with Crippen LogP contribution in [0.5, 0.6) is 0 Å². The van der Waals surface area contributed by atoms with Gasteiger partial charge >= 0.3 is 0 Å². The van der Waals surface area contributed by atoms with Gasteiger partial charge in [0.25, 0.3) is 0 Å². The van der Waals surface area contributed by atoms with Gasteiger partial charge in [-0.25, -0.2) is 0 Å². The monoisotopic (exact) mass is 212 g/mol. The van der Waals surface area contributed by atoms with Crippen LogP contribution in [-0.4, -0.2) is 0 Å². The van der Waals surface area contributed by atoms with Crippen molar-refractivity contribution in [2.24, 2.45) is 0 Å². The zero-order valence-electron chi connectivity index (χ0n) is 10.2. The van der Waals surface area contributed by atoms with Crippen molar-refractivity contribution in [3.63, 3.8) is 0 Å². The maximum atomic E-state index is 3.66. The third-order valence-electron chi connectivity index (χ3n) is 2.55. The molecule has 84 valence electrons. The van der Waals surface area contributed by atoms with Crippen molar-refractivity contribution >= 4 is 5.57 Å². The van der Waals surface area contributed by atoms with Gasteiger partial charge in [-0.3, -0.25) is 0 Å². The first kappa shape index (κ1) is 12.5. The highest BCUT2D eigenvalue weighted by molar-refractivity contribution is 5.68. The molecule has 0 atom stereocenters.